The van der Waals surface area contributed by atoms with Gasteiger partial charge < -0.3 is 9.47 Å². The summed E-state index contributed by atoms with van der Waals surface area (Å²) in [5.74, 6) is 0.0209. The van der Waals surface area contributed by atoms with Crippen LogP contribution in [0.4, 0.5) is 0 Å². The third-order valence-electron chi connectivity index (χ3n) is 2.55. The van der Waals surface area contributed by atoms with E-state index in [0.29, 0.717) is 16.5 Å². The Morgan fingerprint density at radius 3 is 2.63 bits per heavy atom. The van der Waals surface area contributed by atoms with Crippen LogP contribution in [0, 0.1) is 0 Å². The van der Waals surface area contributed by atoms with Gasteiger partial charge in [-0.2, -0.15) is 0 Å². The fourth-order valence-electron chi connectivity index (χ4n) is 1.63. The molecular weight excluding hydrogens is 266 g/mol. The molecule has 19 heavy (non-hydrogen) atoms. The first-order chi connectivity index (χ1) is 9.13. The Balaban J connectivity index is 2.53. The van der Waals surface area contributed by atoms with Crippen molar-refractivity contribution in [3.8, 4) is 17.0 Å². The van der Waals surface area contributed by atoms with Gasteiger partial charge in [0, 0.05) is 22.7 Å². The van der Waals surface area contributed by atoms with Crippen molar-refractivity contribution in [3.05, 3.63) is 47.1 Å². The molecule has 0 aliphatic rings. The zero-order chi connectivity index (χ0) is 13.8. The van der Waals surface area contributed by atoms with Gasteiger partial charge in [0.15, 0.2) is 5.69 Å². The number of nitrogens with zero attached hydrogens (tertiary/aromatic N) is 1. The molecule has 0 saturated carbocycles. The Bertz CT molecular complexity index is 613. The van der Waals surface area contributed by atoms with E-state index in [9.17, 15) is 4.79 Å². The van der Waals surface area contributed by atoms with Gasteiger partial charge in [0.2, 0.25) is 0 Å². The van der Waals surface area contributed by atoms with E-state index in [4.69, 9.17) is 16.3 Å². The van der Waals surface area contributed by atoms with E-state index >= 15 is 0 Å². The van der Waals surface area contributed by atoms with Gasteiger partial charge in [-0.1, -0.05) is 23.7 Å². The number of methoxy groups -OCH3 is 2. The van der Waals surface area contributed by atoms with Crippen LogP contribution >= 0.6 is 11.6 Å². The van der Waals surface area contributed by atoms with Gasteiger partial charge >= 0.3 is 5.97 Å². The summed E-state index contributed by atoms with van der Waals surface area (Å²) in [6.45, 7) is 0. The van der Waals surface area contributed by atoms with Crippen molar-refractivity contribution in [2.75, 3.05) is 14.2 Å². The van der Waals surface area contributed by atoms with Crippen molar-refractivity contribution >= 4 is 17.6 Å². The number of rotatable bonds is 3. The minimum Gasteiger partial charge on any atom is -0.497 e. The van der Waals surface area contributed by atoms with Crippen LogP contribution in [0.5, 0.6) is 5.75 Å². The Labute approximate surface area is 115 Å². The Morgan fingerprint density at radius 1 is 1.21 bits per heavy atom. The van der Waals surface area contributed by atoms with Gasteiger partial charge in [0.05, 0.1) is 19.9 Å². The number of benzene rings is 1. The van der Waals surface area contributed by atoms with E-state index in [1.54, 1.807) is 18.2 Å². The fourth-order valence-corrected chi connectivity index (χ4v) is 1.82. The van der Waals surface area contributed by atoms with Crippen molar-refractivity contribution in [1.82, 2.24) is 4.98 Å². The van der Waals surface area contributed by atoms with Gasteiger partial charge in [-0.25, -0.2) is 9.78 Å². The fraction of sp³-hybridized carbons (Fsp3) is 0.143. The van der Waals surface area contributed by atoms with E-state index in [-0.39, 0.29) is 5.69 Å². The van der Waals surface area contributed by atoms with Crippen LogP contribution in [0.1, 0.15) is 10.5 Å². The molecule has 0 saturated heterocycles. The molecule has 98 valence electrons. The van der Waals surface area contributed by atoms with E-state index in [0.717, 1.165) is 5.56 Å². The first-order valence-electron chi connectivity index (χ1n) is 5.54. The van der Waals surface area contributed by atoms with E-state index < -0.39 is 5.97 Å². The van der Waals surface area contributed by atoms with Crippen LogP contribution in [-0.4, -0.2) is 25.2 Å². The van der Waals surface area contributed by atoms with Gasteiger partial charge in [-0.15, -0.1) is 0 Å². The molecule has 0 fully saturated rings. The van der Waals surface area contributed by atoms with E-state index in [1.165, 1.54) is 20.3 Å². The van der Waals surface area contributed by atoms with Crippen molar-refractivity contribution in [1.29, 1.82) is 0 Å². The topological polar surface area (TPSA) is 48.4 Å². The van der Waals surface area contributed by atoms with E-state index in [1.807, 2.05) is 12.1 Å². The minimum atomic E-state index is -0.512. The first kappa shape index (κ1) is 13.4. The summed E-state index contributed by atoms with van der Waals surface area (Å²) >= 11 is 5.95. The number of aromatic nitrogens is 1. The Hall–Kier alpha value is -2.07. The molecule has 1 heterocycles. The molecule has 1 aromatic heterocycles. The lowest BCUT2D eigenvalue weighted by Gasteiger charge is -2.07. The molecule has 4 nitrogen and oxygen atoms in total. The van der Waals surface area contributed by atoms with Crippen LogP contribution in [0.15, 0.2) is 36.4 Å². The van der Waals surface area contributed by atoms with Crippen molar-refractivity contribution in [2.24, 2.45) is 0 Å². The number of carbonyl (C=O) groups excluding carboxylic acids is 1. The number of carbonyl (C=O) groups is 1. The summed E-state index contributed by atoms with van der Waals surface area (Å²) in [4.78, 5) is 15.8. The minimum absolute atomic E-state index is 0.192. The zero-order valence-electron chi connectivity index (χ0n) is 10.5. The number of ether oxygens (including phenoxy) is 2. The normalized spacial score (nSPS) is 10.1. The lowest BCUT2D eigenvalue weighted by molar-refractivity contribution is 0.0593. The molecule has 0 radical (unpaired) electrons. The highest BCUT2D eigenvalue weighted by Gasteiger charge is 2.12. The summed E-state index contributed by atoms with van der Waals surface area (Å²) in [6, 6.07) is 10.5. The van der Waals surface area contributed by atoms with Gasteiger partial charge in [-0.05, 0) is 12.1 Å². The molecule has 0 spiro atoms. The quantitative estimate of drug-likeness (QED) is 0.809. The average molecular weight is 278 g/mol. The molecule has 0 N–H and O–H groups in total. The maximum Gasteiger partial charge on any atom is 0.356 e. The van der Waals surface area contributed by atoms with Crippen molar-refractivity contribution in [3.63, 3.8) is 0 Å². The van der Waals surface area contributed by atoms with Gasteiger partial charge in [0.1, 0.15) is 5.75 Å². The number of hydrogen-bond acceptors (Lipinski definition) is 4. The zero-order valence-corrected chi connectivity index (χ0v) is 11.3. The molecule has 0 aliphatic heterocycles. The van der Waals surface area contributed by atoms with Gasteiger partial charge in [0.25, 0.3) is 0 Å². The lowest BCUT2D eigenvalue weighted by atomic mass is 10.1. The molecule has 1 aromatic carbocycles. The average Bonchev–Trinajstić information content (AvgIpc) is 2.45. The van der Waals surface area contributed by atoms with Crippen LogP contribution < -0.4 is 4.74 Å². The lowest BCUT2D eigenvalue weighted by Crippen LogP contribution is -2.05. The smallest absolute Gasteiger partial charge is 0.356 e. The molecule has 0 atom stereocenters. The SMILES string of the molecule is COC(=O)c1cc(OC)cc(-c2cccc(Cl)c2)n1. The molecule has 0 amide bonds. The van der Waals surface area contributed by atoms with Crippen LogP contribution in [-0.2, 0) is 4.74 Å². The summed E-state index contributed by atoms with van der Waals surface area (Å²) < 4.78 is 9.83. The Kier molecular flexibility index (Phi) is 4.02. The number of hydrogen-bond donors (Lipinski definition) is 0. The maximum atomic E-state index is 11.6. The van der Waals surface area contributed by atoms with Crippen LogP contribution in [0.3, 0.4) is 0 Å². The second kappa shape index (κ2) is 5.71. The molecule has 0 bridgehead atoms. The number of halogens is 1. The molecule has 0 unspecified atom stereocenters. The second-order valence-corrected chi connectivity index (χ2v) is 4.22. The molecule has 5 heteroatoms. The molecule has 2 aromatic rings. The van der Waals surface area contributed by atoms with Crippen molar-refractivity contribution in [2.45, 2.75) is 0 Å². The second-order valence-electron chi connectivity index (χ2n) is 3.78. The molecular formula is C14H12ClNO3. The molecule has 0 aliphatic carbocycles. The monoisotopic (exact) mass is 277 g/mol. The summed E-state index contributed by atoms with van der Waals surface area (Å²) in [5.41, 5.74) is 1.59. The maximum absolute atomic E-state index is 11.6. The van der Waals surface area contributed by atoms with Crippen LogP contribution in [0.2, 0.25) is 5.02 Å². The summed E-state index contributed by atoms with van der Waals surface area (Å²) in [5, 5.41) is 0.599. The number of pyridine rings is 1. The van der Waals surface area contributed by atoms with Gasteiger partial charge in [-0.3, -0.25) is 0 Å². The predicted molar refractivity (Wildman–Crippen MR) is 72.6 cm³/mol. The summed E-state index contributed by atoms with van der Waals surface area (Å²) in [7, 11) is 2.83. The molecule has 2 rings (SSSR count). The third kappa shape index (κ3) is 3.03. The summed E-state index contributed by atoms with van der Waals surface area (Å²) in [6.07, 6.45) is 0. The Morgan fingerprint density at radius 2 is 2.00 bits per heavy atom. The predicted octanol–water partition coefficient (Wildman–Crippen LogP) is 3.20. The first-order valence-corrected chi connectivity index (χ1v) is 5.92. The highest BCUT2D eigenvalue weighted by Crippen LogP contribution is 2.25. The highest BCUT2D eigenvalue weighted by molar-refractivity contribution is 6.30. The standard InChI is InChI=1S/C14H12ClNO3/c1-18-11-7-12(9-4-3-5-10(15)6-9)16-13(8-11)14(17)19-2/h3-8H,1-2H3. The van der Waals surface area contributed by atoms with Crippen molar-refractivity contribution < 1.29 is 14.3 Å². The number of esters is 1. The highest BCUT2D eigenvalue weighted by atomic mass is 35.5. The third-order valence-corrected chi connectivity index (χ3v) is 2.78. The van der Waals surface area contributed by atoms with Crippen LogP contribution in [0.25, 0.3) is 11.3 Å². The van der Waals surface area contributed by atoms with E-state index in [2.05, 4.69) is 9.72 Å². The largest absolute Gasteiger partial charge is 0.497 e.